The Morgan fingerprint density at radius 3 is 2.88 bits per heavy atom. The maximum atomic E-state index is 12.8. The molecule has 0 saturated heterocycles. The Bertz CT molecular complexity index is 937. The van der Waals surface area contributed by atoms with E-state index < -0.39 is 5.97 Å². The zero-order valence-corrected chi connectivity index (χ0v) is 14.3. The van der Waals surface area contributed by atoms with Crippen LogP contribution in [-0.2, 0) is 14.3 Å². The molecule has 1 aliphatic heterocycles. The first-order chi connectivity index (χ1) is 12.0. The molecule has 1 amide bonds. The molecule has 126 valence electrons. The van der Waals surface area contributed by atoms with E-state index in [0.29, 0.717) is 10.8 Å². The van der Waals surface area contributed by atoms with Crippen molar-refractivity contribution < 1.29 is 19.3 Å². The molecule has 1 unspecified atom stereocenters. The largest absolute Gasteiger partial charge is 0.469 e. The van der Waals surface area contributed by atoms with Gasteiger partial charge in [0.1, 0.15) is 11.3 Å². The first-order valence-electron chi connectivity index (χ1n) is 7.33. The first-order valence-corrected chi connectivity index (χ1v) is 8.15. The number of nitrogens with zero attached hydrogens (tertiary/aromatic N) is 3. The van der Waals surface area contributed by atoms with Crippen LogP contribution in [0, 0.1) is 11.5 Å². The molecule has 0 spiro atoms. The summed E-state index contributed by atoms with van der Waals surface area (Å²) in [5.41, 5.74) is 1.59. The van der Waals surface area contributed by atoms with Crippen LogP contribution in [0.25, 0.3) is 10.2 Å². The SMILES string of the molecule is COC(=O)CC1=N[NH+](c2nc3ccccc3s2)C(=O)/C1=C(/C)NC#N. The molecule has 1 aromatic carbocycles. The van der Waals surface area contributed by atoms with Crippen LogP contribution in [0.3, 0.4) is 0 Å². The number of benzene rings is 1. The molecule has 1 aromatic heterocycles. The minimum absolute atomic E-state index is 0.156. The third kappa shape index (κ3) is 3.13. The van der Waals surface area contributed by atoms with Crippen molar-refractivity contribution in [1.82, 2.24) is 10.3 Å². The predicted molar refractivity (Wildman–Crippen MR) is 90.8 cm³/mol. The van der Waals surface area contributed by atoms with Crippen molar-refractivity contribution >= 4 is 44.3 Å². The summed E-state index contributed by atoms with van der Waals surface area (Å²) in [6.07, 6.45) is 1.62. The molecule has 9 heteroatoms. The Labute approximate surface area is 147 Å². The highest BCUT2D eigenvalue weighted by Crippen LogP contribution is 2.24. The molecule has 8 nitrogen and oxygen atoms in total. The number of aromatic nitrogens is 1. The van der Waals surface area contributed by atoms with Gasteiger partial charge in [-0.3, -0.25) is 10.1 Å². The molecule has 0 saturated carbocycles. The number of fused-ring (bicyclic) bond motifs is 1. The van der Waals surface area contributed by atoms with E-state index in [2.05, 4.69) is 20.1 Å². The van der Waals surface area contributed by atoms with Crippen LogP contribution < -0.4 is 10.3 Å². The van der Waals surface area contributed by atoms with Gasteiger partial charge in [-0.15, -0.1) is 0 Å². The summed E-state index contributed by atoms with van der Waals surface area (Å²) in [4.78, 5) is 28.9. The van der Waals surface area contributed by atoms with E-state index in [1.165, 1.54) is 18.4 Å². The smallest absolute Gasteiger partial charge is 0.381 e. The second-order valence-corrected chi connectivity index (χ2v) is 6.24. The Balaban J connectivity index is 2.05. The fourth-order valence-corrected chi connectivity index (χ4v) is 3.43. The number of allylic oxidation sites excluding steroid dienone is 1. The number of rotatable bonds is 4. The number of carbonyl (C=O) groups excluding carboxylic acids is 2. The maximum absolute atomic E-state index is 12.8. The molecule has 0 radical (unpaired) electrons. The Hall–Kier alpha value is -3.09. The van der Waals surface area contributed by atoms with Crippen LogP contribution in [0.15, 0.2) is 40.6 Å². The molecule has 2 heterocycles. The summed E-state index contributed by atoms with van der Waals surface area (Å²) in [5.74, 6) is -0.877. The van der Waals surface area contributed by atoms with Crippen LogP contribution in [-0.4, -0.2) is 29.7 Å². The maximum Gasteiger partial charge on any atom is 0.381 e. The lowest BCUT2D eigenvalue weighted by molar-refractivity contribution is -0.749. The summed E-state index contributed by atoms with van der Waals surface area (Å²) >= 11 is 1.35. The number of amides is 1. The van der Waals surface area contributed by atoms with E-state index >= 15 is 0 Å². The molecule has 25 heavy (non-hydrogen) atoms. The normalized spacial score (nSPS) is 18.7. The third-order valence-corrected chi connectivity index (χ3v) is 4.67. The molecule has 0 bridgehead atoms. The van der Waals surface area contributed by atoms with Crippen molar-refractivity contribution in [2.24, 2.45) is 5.10 Å². The number of hydrogen-bond acceptors (Lipinski definition) is 8. The Morgan fingerprint density at radius 1 is 1.44 bits per heavy atom. The lowest BCUT2D eigenvalue weighted by atomic mass is 10.1. The van der Waals surface area contributed by atoms with Gasteiger partial charge in [0, 0.05) is 5.70 Å². The van der Waals surface area contributed by atoms with Crippen LogP contribution in [0.1, 0.15) is 13.3 Å². The molecule has 1 aliphatic rings. The quantitative estimate of drug-likeness (QED) is 0.360. The molecular weight excluding hydrogens is 342 g/mol. The van der Waals surface area contributed by atoms with Gasteiger partial charge in [0.25, 0.3) is 0 Å². The summed E-state index contributed by atoms with van der Waals surface area (Å²) in [7, 11) is 1.27. The van der Waals surface area contributed by atoms with Gasteiger partial charge in [-0.05, 0) is 19.1 Å². The highest BCUT2D eigenvalue weighted by Gasteiger charge is 2.41. The van der Waals surface area contributed by atoms with E-state index in [9.17, 15) is 9.59 Å². The summed E-state index contributed by atoms with van der Waals surface area (Å²) < 4.78 is 5.60. The van der Waals surface area contributed by atoms with Crippen molar-refractivity contribution in [1.29, 1.82) is 5.26 Å². The number of carbonyl (C=O) groups is 2. The number of nitriles is 1. The van der Waals surface area contributed by atoms with Gasteiger partial charge in [0.15, 0.2) is 6.19 Å². The molecule has 1 atom stereocenters. The van der Waals surface area contributed by atoms with Crippen LogP contribution in [0.4, 0.5) is 5.13 Å². The number of methoxy groups -OCH3 is 1. The topological polar surface area (TPSA) is 109 Å². The third-order valence-electron chi connectivity index (χ3n) is 3.63. The van der Waals surface area contributed by atoms with Gasteiger partial charge >= 0.3 is 17.0 Å². The van der Waals surface area contributed by atoms with Crippen LogP contribution >= 0.6 is 11.3 Å². The van der Waals surface area contributed by atoms with Crippen molar-refractivity contribution in [3.8, 4) is 6.19 Å². The van der Waals surface area contributed by atoms with E-state index in [1.54, 1.807) is 13.1 Å². The second-order valence-electron chi connectivity index (χ2n) is 5.21. The lowest BCUT2D eigenvalue weighted by Crippen LogP contribution is -3.04. The number of esters is 1. The van der Waals surface area contributed by atoms with E-state index in [0.717, 1.165) is 10.2 Å². The van der Waals surface area contributed by atoms with Crippen LogP contribution in [0.2, 0.25) is 0 Å². The van der Waals surface area contributed by atoms with Gasteiger partial charge in [0.05, 0.1) is 23.7 Å². The number of hydrogen-bond donors (Lipinski definition) is 2. The molecule has 2 N–H and O–H groups in total. The summed E-state index contributed by atoms with van der Waals surface area (Å²) in [6.45, 7) is 1.59. The fourth-order valence-electron chi connectivity index (χ4n) is 2.48. The molecule has 3 rings (SSSR count). The van der Waals surface area contributed by atoms with Crippen molar-refractivity contribution in [3.05, 3.63) is 35.5 Å². The first kappa shape index (κ1) is 16.8. The molecule has 0 aliphatic carbocycles. The standard InChI is InChI=1S/C16H13N5O3S/c1-9(18-8-17)14-11(7-13(22)24-2)20-21(15(14)23)16-19-10-5-3-4-6-12(10)25-16/h3-6,18H,7H2,1-2H3/p+1/b14-9-. The fraction of sp³-hybridized carbons (Fsp3) is 0.188. The summed E-state index contributed by atoms with van der Waals surface area (Å²) in [6, 6.07) is 7.53. The van der Waals surface area contributed by atoms with Crippen molar-refractivity contribution in [2.45, 2.75) is 13.3 Å². The number of nitrogens with one attached hydrogen (secondary N) is 2. The van der Waals surface area contributed by atoms with Gasteiger partial charge in [-0.1, -0.05) is 33.6 Å². The molecule has 0 fully saturated rings. The van der Waals surface area contributed by atoms with Gasteiger partial charge in [-0.25, -0.2) is 4.79 Å². The van der Waals surface area contributed by atoms with Crippen LogP contribution in [0.5, 0.6) is 0 Å². The zero-order valence-electron chi connectivity index (χ0n) is 13.5. The monoisotopic (exact) mass is 356 g/mol. The minimum atomic E-state index is -0.514. The van der Waals surface area contributed by atoms with Crippen molar-refractivity contribution in [3.63, 3.8) is 0 Å². The van der Waals surface area contributed by atoms with Gasteiger partial charge < -0.3 is 4.74 Å². The average Bonchev–Trinajstić information content (AvgIpc) is 3.15. The molecule has 2 aromatic rings. The second kappa shape index (κ2) is 6.80. The number of thiazole rings is 1. The number of quaternary nitrogens is 1. The Morgan fingerprint density at radius 2 is 2.20 bits per heavy atom. The highest BCUT2D eigenvalue weighted by atomic mass is 32.1. The Kier molecular flexibility index (Phi) is 4.56. The van der Waals surface area contributed by atoms with Crippen molar-refractivity contribution in [2.75, 3.05) is 7.11 Å². The predicted octanol–water partition coefficient (Wildman–Crippen LogP) is 0.617. The summed E-state index contributed by atoms with van der Waals surface area (Å²) in [5, 5.41) is 16.2. The highest BCUT2D eigenvalue weighted by molar-refractivity contribution is 7.21. The van der Waals surface area contributed by atoms with E-state index in [-0.39, 0.29) is 28.6 Å². The molecular formula is C16H14N5O3S+. The minimum Gasteiger partial charge on any atom is -0.469 e. The average molecular weight is 356 g/mol. The number of para-hydroxylation sites is 1. The van der Waals surface area contributed by atoms with E-state index in [1.807, 2.05) is 24.3 Å². The number of ether oxygens (including phenoxy) is 1. The van der Waals surface area contributed by atoms with E-state index in [4.69, 9.17) is 5.26 Å². The van der Waals surface area contributed by atoms with Gasteiger partial charge in [0.2, 0.25) is 0 Å². The van der Waals surface area contributed by atoms with Gasteiger partial charge in [-0.2, -0.15) is 10.2 Å². The zero-order chi connectivity index (χ0) is 18.0. The lowest BCUT2D eigenvalue weighted by Gasteiger charge is -2.02.